The van der Waals surface area contributed by atoms with Gasteiger partial charge in [-0.05, 0) is 41.8 Å². The Bertz CT molecular complexity index is 944. The molecule has 3 rings (SSSR count). The van der Waals surface area contributed by atoms with Crippen LogP contribution in [0, 0.1) is 0 Å². The van der Waals surface area contributed by atoms with Gasteiger partial charge in [0, 0.05) is 18.9 Å². The minimum Gasteiger partial charge on any atom is -0.438 e. The number of anilines is 1. The first-order valence-electron chi connectivity index (χ1n) is 7.58. The van der Waals surface area contributed by atoms with Crippen molar-refractivity contribution in [2.75, 3.05) is 11.9 Å². The summed E-state index contributed by atoms with van der Waals surface area (Å²) in [7, 11) is 1.65. The lowest BCUT2D eigenvalue weighted by Crippen LogP contribution is -2.25. The molecule has 140 valence electrons. The largest absolute Gasteiger partial charge is 0.438 e. The van der Waals surface area contributed by atoms with Gasteiger partial charge in [-0.1, -0.05) is 17.7 Å². The number of carbonyl (C=O) groups is 1. The summed E-state index contributed by atoms with van der Waals surface area (Å²) in [5.41, 5.74) is -0.323. The van der Waals surface area contributed by atoms with E-state index in [1.54, 1.807) is 43.4 Å². The highest BCUT2D eigenvalue weighted by Crippen LogP contribution is 2.35. The normalized spacial score (nSPS) is 11.3. The van der Waals surface area contributed by atoms with E-state index in [0.29, 0.717) is 22.5 Å². The first-order valence-corrected chi connectivity index (χ1v) is 8.83. The van der Waals surface area contributed by atoms with E-state index in [-0.39, 0.29) is 16.8 Å². The summed E-state index contributed by atoms with van der Waals surface area (Å²) in [6.45, 7) is 0. The van der Waals surface area contributed by atoms with Crippen LogP contribution in [0.15, 0.2) is 54.0 Å². The monoisotopic (exact) mass is 412 g/mol. The van der Waals surface area contributed by atoms with Gasteiger partial charge in [-0.25, -0.2) is 4.98 Å². The number of halogens is 4. The molecule has 0 bridgehead atoms. The number of pyridine rings is 1. The summed E-state index contributed by atoms with van der Waals surface area (Å²) < 4.78 is 43.4. The Balaban J connectivity index is 1.73. The molecule has 0 aliphatic carbocycles. The Labute approximate surface area is 161 Å². The fourth-order valence-corrected chi connectivity index (χ4v) is 3.09. The van der Waals surface area contributed by atoms with Crippen LogP contribution in [-0.2, 0) is 6.18 Å². The number of aromatic nitrogens is 1. The second kappa shape index (κ2) is 7.58. The van der Waals surface area contributed by atoms with Gasteiger partial charge in [0.05, 0.1) is 10.4 Å². The predicted molar refractivity (Wildman–Crippen MR) is 97.8 cm³/mol. The molecule has 0 N–H and O–H groups in total. The molecular weight excluding hydrogens is 401 g/mol. The zero-order chi connectivity index (χ0) is 19.6. The number of ether oxygens (including phenoxy) is 1. The Kier molecular flexibility index (Phi) is 5.38. The molecule has 1 aromatic carbocycles. The molecule has 9 heteroatoms. The number of alkyl halides is 3. The van der Waals surface area contributed by atoms with E-state index >= 15 is 0 Å². The predicted octanol–water partition coefficient (Wildman–Crippen LogP) is 5.88. The second-order valence-corrected chi connectivity index (χ2v) is 6.80. The number of nitrogens with zero attached hydrogens (tertiary/aromatic N) is 2. The van der Waals surface area contributed by atoms with Crippen LogP contribution < -0.4 is 9.64 Å². The molecule has 0 spiro atoms. The van der Waals surface area contributed by atoms with Crippen LogP contribution in [0.1, 0.15) is 15.2 Å². The molecule has 0 saturated heterocycles. The maximum absolute atomic E-state index is 12.6. The number of hydrogen-bond acceptors (Lipinski definition) is 4. The number of amides is 1. The van der Waals surface area contributed by atoms with E-state index in [1.165, 1.54) is 16.2 Å². The third kappa shape index (κ3) is 4.40. The quantitative estimate of drug-likeness (QED) is 0.537. The van der Waals surface area contributed by atoms with Gasteiger partial charge in [-0.2, -0.15) is 13.2 Å². The average Bonchev–Trinajstić information content (AvgIpc) is 3.16. The van der Waals surface area contributed by atoms with Crippen molar-refractivity contribution in [2.45, 2.75) is 6.18 Å². The minimum atomic E-state index is -4.53. The van der Waals surface area contributed by atoms with Gasteiger partial charge in [-0.3, -0.25) is 4.79 Å². The molecule has 2 heterocycles. The van der Waals surface area contributed by atoms with Crippen LogP contribution in [0.4, 0.5) is 18.9 Å². The van der Waals surface area contributed by atoms with E-state index in [2.05, 4.69) is 4.98 Å². The summed E-state index contributed by atoms with van der Waals surface area (Å²) in [6.07, 6.45) is -3.88. The molecule has 1 amide bonds. The molecule has 0 radical (unpaired) electrons. The van der Waals surface area contributed by atoms with Gasteiger partial charge in [0.2, 0.25) is 5.88 Å². The third-order valence-corrected chi connectivity index (χ3v) is 4.74. The van der Waals surface area contributed by atoms with Gasteiger partial charge in [0.25, 0.3) is 5.91 Å². The van der Waals surface area contributed by atoms with Gasteiger partial charge < -0.3 is 9.64 Å². The summed E-state index contributed by atoms with van der Waals surface area (Å²) in [5, 5.41) is 1.57. The number of carbonyl (C=O) groups excluding carboxylic acids is 1. The van der Waals surface area contributed by atoms with Gasteiger partial charge in [0.1, 0.15) is 10.8 Å². The lowest BCUT2D eigenvalue weighted by Gasteiger charge is -2.17. The highest BCUT2D eigenvalue weighted by molar-refractivity contribution is 7.12. The van der Waals surface area contributed by atoms with Crippen LogP contribution in [0.3, 0.4) is 0 Å². The number of rotatable bonds is 4. The SMILES string of the molecule is CN(C(=O)c1cccs1)c1ccc(Oc2ncc(C(F)(F)F)cc2Cl)cc1. The highest BCUT2D eigenvalue weighted by atomic mass is 35.5. The maximum Gasteiger partial charge on any atom is 0.417 e. The number of thiophene rings is 1. The van der Waals surface area contributed by atoms with Crippen molar-refractivity contribution in [3.8, 4) is 11.6 Å². The summed E-state index contributed by atoms with van der Waals surface area (Å²) in [4.78, 5) is 18.0. The topological polar surface area (TPSA) is 42.4 Å². The van der Waals surface area contributed by atoms with E-state index < -0.39 is 11.7 Å². The fourth-order valence-electron chi connectivity index (χ4n) is 2.19. The van der Waals surface area contributed by atoms with E-state index in [9.17, 15) is 18.0 Å². The summed E-state index contributed by atoms with van der Waals surface area (Å²) >= 11 is 7.17. The number of hydrogen-bond donors (Lipinski definition) is 0. The van der Waals surface area contributed by atoms with Crippen LogP contribution in [0.25, 0.3) is 0 Å². The molecule has 4 nitrogen and oxygen atoms in total. The molecule has 0 fully saturated rings. The van der Waals surface area contributed by atoms with Gasteiger partial charge in [0.15, 0.2) is 0 Å². The van der Waals surface area contributed by atoms with Crippen molar-refractivity contribution in [3.63, 3.8) is 0 Å². The van der Waals surface area contributed by atoms with Crippen molar-refractivity contribution in [2.24, 2.45) is 0 Å². The van der Waals surface area contributed by atoms with Crippen molar-refractivity contribution < 1.29 is 22.7 Å². The molecule has 0 atom stereocenters. The van der Waals surface area contributed by atoms with Crippen LogP contribution in [0.5, 0.6) is 11.6 Å². The molecule has 3 aromatic rings. The first kappa shape index (κ1) is 19.2. The standard InChI is InChI=1S/C18H12ClF3N2O2S/c1-24(17(25)15-3-2-8-27-15)12-4-6-13(7-5-12)26-16-14(19)9-11(10-23-16)18(20,21)22/h2-10H,1H3. The minimum absolute atomic E-state index is 0.138. The summed E-state index contributed by atoms with van der Waals surface area (Å²) in [6, 6.07) is 10.7. The lowest BCUT2D eigenvalue weighted by atomic mass is 10.2. The van der Waals surface area contributed by atoms with E-state index in [4.69, 9.17) is 16.3 Å². The zero-order valence-electron chi connectivity index (χ0n) is 13.8. The second-order valence-electron chi connectivity index (χ2n) is 5.45. The third-order valence-electron chi connectivity index (χ3n) is 3.61. The first-order chi connectivity index (χ1) is 12.8. The Morgan fingerprint density at radius 2 is 1.93 bits per heavy atom. The fraction of sp³-hybridized carbons (Fsp3) is 0.111. The van der Waals surface area contributed by atoms with Crippen LogP contribution >= 0.6 is 22.9 Å². The molecule has 0 aliphatic rings. The maximum atomic E-state index is 12.6. The van der Waals surface area contributed by atoms with Crippen molar-refractivity contribution in [1.29, 1.82) is 0 Å². The Hall–Kier alpha value is -2.58. The Morgan fingerprint density at radius 3 is 2.48 bits per heavy atom. The molecule has 27 heavy (non-hydrogen) atoms. The Morgan fingerprint density at radius 1 is 1.22 bits per heavy atom. The van der Waals surface area contributed by atoms with Gasteiger partial charge in [-0.15, -0.1) is 11.3 Å². The smallest absolute Gasteiger partial charge is 0.417 e. The molecule has 2 aromatic heterocycles. The van der Waals surface area contributed by atoms with Crippen molar-refractivity contribution >= 4 is 34.5 Å². The van der Waals surface area contributed by atoms with E-state index in [0.717, 1.165) is 6.07 Å². The molecule has 0 unspecified atom stereocenters. The van der Waals surface area contributed by atoms with Crippen LogP contribution in [0.2, 0.25) is 5.02 Å². The molecule has 0 aliphatic heterocycles. The average molecular weight is 413 g/mol. The lowest BCUT2D eigenvalue weighted by molar-refractivity contribution is -0.137. The van der Waals surface area contributed by atoms with Gasteiger partial charge >= 0.3 is 6.18 Å². The summed E-state index contributed by atoms with van der Waals surface area (Å²) in [5.74, 6) is 0.0384. The number of benzene rings is 1. The van der Waals surface area contributed by atoms with E-state index in [1.807, 2.05) is 5.38 Å². The van der Waals surface area contributed by atoms with Crippen molar-refractivity contribution in [3.05, 3.63) is 69.5 Å². The van der Waals surface area contributed by atoms with Crippen molar-refractivity contribution in [1.82, 2.24) is 4.98 Å². The zero-order valence-corrected chi connectivity index (χ0v) is 15.4. The van der Waals surface area contributed by atoms with Crippen LogP contribution in [-0.4, -0.2) is 17.9 Å². The highest BCUT2D eigenvalue weighted by Gasteiger charge is 2.31. The molecule has 0 saturated carbocycles. The molecular formula is C18H12ClF3N2O2S.